The van der Waals surface area contributed by atoms with Crippen molar-refractivity contribution in [3.8, 4) is 0 Å². The van der Waals surface area contributed by atoms with Crippen LogP contribution in [0.4, 0.5) is 11.4 Å². The maximum atomic E-state index is 11.2. The van der Waals surface area contributed by atoms with Gasteiger partial charge in [-0.25, -0.2) is 0 Å². The quantitative estimate of drug-likeness (QED) is 0.524. The van der Waals surface area contributed by atoms with Gasteiger partial charge in [0.25, 0.3) is 11.6 Å². The number of carbonyl (C=O) groups is 1. The van der Waals surface area contributed by atoms with Crippen molar-refractivity contribution in [3.05, 3.63) is 69.8 Å². The molecule has 0 radical (unpaired) electrons. The van der Waals surface area contributed by atoms with E-state index in [1.165, 1.54) is 12.3 Å². The van der Waals surface area contributed by atoms with Crippen LogP contribution in [0.2, 0.25) is 0 Å². The minimum absolute atomic E-state index is 0.0483. The van der Waals surface area contributed by atoms with Crippen molar-refractivity contribution < 1.29 is 9.72 Å². The van der Waals surface area contributed by atoms with Crippen molar-refractivity contribution in [3.63, 3.8) is 0 Å². The van der Waals surface area contributed by atoms with Crippen molar-refractivity contribution >= 4 is 23.5 Å². The van der Waals surface area contributed by atoms with E-state index in [1.807, 2.05) is 0 Å². The van der Waals surface area contributed by atoms with Gasteiger partial charge >= 0.3 is 0 Å². The average Bonchev–Trinajstić information content (AvgIpc) is 2.45. The van der Waals surface area contributed by atoms with Gasteiger partial charge in [-0.3, -0.25) is 19.9 Å². The van der Waals surface area contributed by atoms with Gasteiger partial charge in [0.05, 0.1) is 21.7 Å². The van der Waals surface area contributed by atoms with Crippen molar-refractivity contribution in [1.82, 2.24) is 0 Å². The van der Waals surface area contributed by atoms with E-state index in [2.05, 4.69) is 4.99 Å². The SMILES string of the molecule is NC(=O)c1ccccc1/N=C/c1ccccc1[N+](=O)[O-]. The van der Waals surface area contributed by atoms with Gasteiger partial charge in [-0.05, 0) is 18.2 Å². The van der Waals surface area contributed by atoms with E-state index in [0.717, 1.165) is 0 Å². The van der Waals surface area contributed by atoms with Crippen molar-refractivity contribution in [2.45, 2.75) is 0 Å². The highest BCUT2D eigenvalue weighted by molar-refractivity contribution is 5.99. The first kappa shape index (κ1) is 13.4. The molecule has 0 aliphatic carbocycles. The molecule has 0 aromatic heterocycles. The molecule has 0 bridgehead atoms. The minimum atomic E-state index is -0.597. The maximum absolute atomic E-state index is 11.2. The molecule has 0 spiro atoms. The van der Waals surface area contributed by atoms with Crippen LogP contribution < -0.4 is 5.73 Å². The smallest absolute Gasteiger partial charge is 0.278 e. The molecule has 0 atom stereocenters. The normalized spacial score (nSPS) is 10.6. The first-order chi connectivity index (χ1) is 9.59. The van der Waals surface area contributed by atoms with E-state index in [-0.39, 0.29) is 11.3 Å². The number of primary amides is 1. The molecule has 2 aromatic rings. The fraction of sp³-hybridized carbons (Fsp3) is 0. The number of benzene rings is 2. The summed E-state index contributed by atoms with van der Waals surface area (Å²) in [6.07, 6.45) is 1.35. The van der Waals surface area contributed by atoms with E-state index >= 15 is 0 Å². The summed E-state index contributed by atoms with van der Waals surface area (Å²) in [6, 6.07) is 12.8. The standard InChI is InChI=1S/C14H11N3O3/c15-14(18)11-6-2-3-7-12(11)16-9-10-5-1-4-8-13(10)17(19)20/h1-9H,(H2,15,18)/b16-9+. The molecule has 6 heteroatoms. The van der Waals surface area contributed by atoms with Gasteiger partial charge in [-0.2, -0.15) is 0 Å². The average molecular weight is 269 g/mol. The van der Waals surface area contributed by atoms with Crippen molar-refractivity contribution in [2.24, 2.45) is 10.7 Å². The zero-order valence-corrected chi connectivity index (χ0v) is 10.4. The fourth-order valence-electron chi connectivity index (χ4n) is 1.70. The van der Waals surface area contributed by atoms with Crippen molar-refractivity contribution in [1.29, 1.82) is 0 Å². The highest BCUT2D eigenvalue weighted by atomic mass is 16.6. The Morgan fingerprint density at radius 2 is 1.80 bits per heavy atom. The third-order valence-electron chi connectivity index (χ3n) is 2.65. The van der Waals surface area contributed by atoms with E-state index in [4.69, 9.17) is 5.73 Å². The summed E-state index contributed by atoms with van der Waals surface area (Å²) < 4.78 is 0. The number of hydrogen-bond donors (Lipinski definition) is 1. The topological polar surface area (TPSA) is 98.6 Å². The summed E-state index contributed by atoms with van der Waals surface area (Å²) in [5, 5.41) is 10.9. The van der Waals surface area contributed by atoms with Crippen LogP contribution in [0, 0.1) is 10.1 Å². The van der Waals surface area contributed by atoms with Crippen LogP contribution in [0.25, 0.3) is 0 Å². The number of amides is 1. The van der Waals surface area contributed by atoms with Crippen molar-refractivity contribution in [2.75, 3.05) is 0 Å². The summed E-state index contributed by atoms with van der Waals surface area (Å²) in [4.78, 5) is 25.8. The molecule has 2 rings (SSSR count). The molecular formula is C14H11N3O3. The molecule has 0 aliphatic heterocycles. The highest BCUT2D eigenvalue weighted by Gasteiger charge is 2.11. The molecular weight excluding hydrogens is 258 g/mol. The van der Waals surface area contributed by atoms with E-state index < -0.39 is 10.8 Å². The fourth-order valence-corrected chi connectivity index (χ4v) is 1.70. The molecule has 6 nitrogen and oxygen atoms in total. The Kier molecular flexibility index (Phi) is 3.85. The number of nitro groups is 1. The Morgan fingerprint density at radius 3 is 2.50 bits per heavy atom. The first-order valence-corrected chi connectivity index (χ1v) is 5.76. The number of nitrogens with two attached hydrogens (primary N) is 1. The Morgan fingerprint density at radius 1 is 1.15 bits per heavy atom. The number of para-hydroxylation sites is 2. The van der Waals surface area contributed by atoms with Gasteiger partial charge in [0, 0.05) is 12.3 Å². The van der Waals surface area contributed by atoms with Gasteiger partial charge in [-0.1, -0.05) is 24.3 Å². The summed E-state index contributed by atoms with van der Waals surface area (Å²) in [5.74, 6) is -0.597. The van der Waals surface area contributed by atoms with Crippen LogP contribution in [0.15, 0.2) is 53.5 Å². The van der Waals surface area contributed by atoms with Crippen LogP contribution >= 0.6 is 0 Å². The van der Waals surface area contributed by atoms with E-state index in [0.29, 0.717) is 11.3 Å². The minimum Gasteiger partial charge on any atom is -0.366 e. The molecule has 0 unspecified atom stereocenters. The number of nitrogens with zero attached hydrogens (tertiary/aromatic N) is 2. The third-order valence-corrected chi connectivity index (χ3v) is 2.65. The largest absolute Gasteiger partial charge is 0.366 e. The monoisotopic (exact) mass is 269 g/mol. The second kappa shape index (κ2) is 5.75. The molecule has 2 aromatic carbocycles. The third kappa shape index (κ3) is 2.86. The number of aliphatic imine (C=N–C) groups is 1. The summed E-state index contributed by atoms with van der Waals surface area (Å²) in [7, 11) is 0. The van der Waals surface area contributed by atoms with Crippen LogP contribution in [0.3, 0.4) is 0 Å². The predicted molar refractivity (Wildman–Crippen MR) is 75.3 cm³/mol. The van der Waals surface area contributed by atoms with Crippen LogP contribution in [-0.4, -0.2) is 17.0 Å². The number of rotatable bonds is 4. The molecule has 0 fully saturated rings. The zero-order chi connectivity index (χ0) is 14.5. The number of nitro benzene ring substituents is 1. The van der Waals surface area contributed by atoms with Gasteiger partial charge < -0.3 is 5.73 Å². The molecule has 0 saturated carbocycles. The van der Waals surface area contributed by atoms with Gasteiger partial charge in [0.1, 0.15) is 0 Å². The van der Waals surface area contributed by atoms with E-state index in [1.54, 1.807) is 42.5 Å². The summed E-state index contributed by atoms with van der Waals surface area (Å²) >= 11 is 0. The van der Waals surface area contributed by atoms with Gasteiger partial charge in [0.2, 0.25) is 0 Å². The predicted octanol–water partition coefficient (Wildman–Crippen LogP) is 2.44. The summed E-state index contributed by atoms with van der Waals surface area (Å²) in [5.41, 5.74) is 6.19. The Bertz CT molecular complexity index is 636. The van der Waals surface area contributed by atoms with Crippen LogP contribution in [-0.2, 0) is 0 Å². The molecule has 1 amide bonds. The second-order valence-corrected chi connectivity index (χ2v) is 3.96. The lowest BCUT2D eigenvalue weighted by atomic mass is 10.1. The molecule has 0 aliphatic rings. The molecule has 0 heterocycles. The lowest BCUT2D eigenvalue weighted by Gasteiger charge is -2.00. The summed E-state index contributed by atoms with van der Waals surface area (Å²) in [6.45, 7) is 0. The van der Waals surface area contributed by atoms with Crippen LogP contribution in [0.5, 0.6) is 0 Å². The molecule has 100 valence electrons. The number of carbonyl (C=O) groups excluding carboxylic acids is 1. The highest BCUT2D eigenvalue weighted by Crippen LogP contribution is 2.20. The second-order valence-electron chi connectivity index (χ2n) is 3.96. The Hall–Kier alpha value is -3.02. The number of hydrogen-bond acceptors (Lipinski definition) is 4. The lowest BCUT2D eigenvalue weighted by Crippen LogP contribution is -2.10. The van der Waals surface area contributed by atoms with Gasteiger partial charge in [0.15, 0.2) is 0 Å². The molecule has 0 saturated heterocycles. The lowest BCUT2D eigenvalue weighted by molar-refractivity contribution is -0.385. The zero-order valence-electron chi connectivity index (χ0n) is 10.4. The maximum Gasteiger partial charge on any atom is 0.278 e. The molecule has 2 N–H and O–H groups in total. The van der Waals surface area contributed by atoms with Gasteiger partial charge in [-0.15, -0.1) is 0 Å². The molecule has 20 heavy (non-hydrogen) atoms. The Balaban J connectivity index is 2.40. The van der Waals surface area contributed by atoms with Crippen LogP contribution in [0.1, 0.15) is 15.9 Å². The Labute approximate surface area is 114 Å². The van der Waals surface area contributed by atoms with E-state index in [9.17, 15) is 14.9 Å². The first-order valence-electron chi connectivity index (χ1n) is 5.76.